The molecule has 4 heteroatoms. The predicted molar refractivity (Wildman–Crippen MR) is 61.5 cm³/mol. The molecule has 0 aliphatic carbocycles. The molecular weight excluding hydrogens is 190 g/mol. The number of likely N-dealkylation sites (N-methyl/N-ethyl adjacent to an activating group) is 1. The van der Waals surface area contributed by atoms with Crippen molar-refractivity contribution in [2.45, 2.75) is 13.5 Å². The van der Waals surface area contributed by atoms with Gasteiger partial charge in [0.1, 0.15) is 0 Å². The minimum atomic E-state index is 0.759. The zero-order chi connectivity index (χ0) is 11.1. The molecule has 0 radical (unpaired) electrons. The molecule has 0 amide bonds. The van der Waals surface area contributed by atoms with E-state index in [9.17, 15) is 0 Å². The topological polar surface area (TPSA) is 51.4 Å². The highest BCUT2D eigenvalue weighted by molar-refractivity contribution is 5.37. The van der Waals surface area contributed by atoms with Gasteiger partial charge in [-0.1, -0.05) is 0 Å². The van der Waals surface area contributed by atoms with E-state index >= 15 is 0 Å². The lowest BCUT2D eigenvalue weighted by Crippen LogP contribution is -2.23. The number of aromatic nitrogens is 1. The normalized spacial score (nSPS) is 10.9. The molecule has 0 unspecified atom stereocenters. The molecule has 2 N–H and O–H groups in total. The van der Waals surface area contributed by atoms with Crippen LogP contribution < -0.4 is 5.73 Å². The maximum atomic E-state index is 5.67. The van der Waals surface area contributed by atoms with Crippen LogP contribution in [0.4, 0.5) is 5.69 Å². The Balaban J connectivity index is 2.34. The number of nitrogens with zero attached hydrogens (tertiary/aromatic N) is 2. The number of ether oxygens (including phenoxy) is 1. The van der Waals surface area contributed by atoms with Crippen molar-refractivity contribution in [1.82, 2.24) is 9.88 Å². The fourth-order valence-corrected chi connectivity index (χ4v) is 1.30. The highest BCUT2D eigenvalue weighted by Gasteiger charge is 2.01. The summed E-state index contributed by atoms with van der Waals surface area (Å²) in [7, 11) is 2.05. The van der Waals surface area contributed by atoms with Gasteiger partial charge in [0.05, 0.1) is 12.3 Å². The van der Waals surface area contributed by atoms with Gasteiger partial charge in [-0.25, -0.2) is 0 Å². The van der Waals surface area contributed by atoms with E-state index in [0.717, 1.165) is 37.7 Å². The van der Waals surface area contributed by atoms with Crippen LogP contribution in [0.15, 0.2) is 18.3 Å². The van der Waals surface area contributed by atoms with Crippen LogP contribution in [0, 0.1) is 0 Å². The Kier molecular flexibility index (Phi) is 5.07. The Morgan fingerprint density at radius 3 is 3.00 bits per heavy atom. The Labute approximate surface area is 91.1 Å². The Bertz CT molecular complexity index is 291. The maximum absolute atomic E-state index is 5.67. The molecule has 0 aliphatic heterocycles. The van der Waals surface area contributed by atoms with E-state index in [0.29, 0.717) is 0 Å². The first-order valence-corrected chi connectivity index (χ1v) is 5.19. The summed E-state index contributed by atoms with van der Waals surface area (Å²) in [5.41, 5.74) is 7.43. The number of hydrogen-bond acceptors (Lipinski definition) is 4. The summed E-state index contributed by atoms with van der Waals surface area (Å²) in [5.74, 6) is 0. The zero-order valence-corrected chi connectivity index (χ0v) is 9.44. The minimum Gasteiger partial charge on any atom is -0.399 e. The summed E-state index contributed by atoms with van der Waals surface area (Å²) in [6.45, 7) is 5.24. The molecule has 0 saturated heterocycles. The molecule has 1 aromatic heterocycles. The summed E-state index contributed by atoms with van der Waals surface area (Å²) in [6, 6.07) is 3.70. The molecule has 15 heavy (non-hydrogen) atoms. The molecule has 0 aliphatic rings. The molecule has 1 aromatic rings. The third kappa shape index (κ3) is 4.76. The van der Waals surface area contributed by atoms with Gasteiger partial charge in [0.2, 0.25) is 0 Å². The largest absolute Gasteiger partial charge is 0.399 e. The van der Waals surface area contributed by atoms with Crippen molar-refractivity contribution in [1.29, 1.82) is 0 Å². The van der Waals surface area contributed by atoms with E-state index in [1.165, 1.54) is 0 Å². The molecule has 1 heterocycles. The van der Waals surface area contributed by atoms with Crippen LogP contribution in [0.5, 0.6) is 0 Å². The van der Waals surface area contributed by atoms with Crippen LogP contribution in [0.25, 0.3) is 0 Å². The van der Waals surface area contributed by atoms with E-state index in [1.807, 2.05) is 20.0 Å². The second-order valence-corrected chi connectivity index (χ2v) is 3.52. The van der Waals surface area contributed by atoms with Gasteiger partial charge in [0.15, 0.2) is 0 Å². The first-order chi connectivity index (χ1) is 7.22. The zero-order valence-electron chi connectivity index (χ0n) is 9.44. The lowest BCUT2D eigenvalue weighted by Gasteiger charge is -2.15. The van der Waals surface area contributed by atoms with E-state index in [1.54, 1.807) is 12.3 Å². The van der Waals surface area contributed by atoms with Crippen LogP contribution in [0.1, 0.15) is 12.6 Å². The van der Waals surface area contributed by atoms with Gasteiger partial charge in [-0.2, -0.15) is 0 Å². The van der Waals surface area contributed by atoms with Crippen molar-refractivity contribution in [2.24, 2.45) is 0 Å². The highest BCUT2D eigenvalue weighted by Crippen LogP contribution is 2.04. The van der Waals surface area contributed by atoms with Crippen LogP contribution in [0.3, 0.4) is 0 Å². The highest BCUT2D eigenvalue weighted by atomic mass is 16.5. The number of pyridine rings is 1. The lowest BCUT2D eigenvalue weighted by molar-refractivity contribution is 0.120. The van der Waals surface area contributed by atoms with E-state index in [2.05, 4.69) is 9.88 Å². The van der Waals surface area contributed by atoms with Gasteiger partial charge in [0, 0.05) is 31.6 Å². The Morgan fingerprint density at radius 1 is 1.53 bits per heavy atom. The van der Waals surface area contributed by atoms with Gasteiger partial charge < -0.3 is 10.5 Å². The van der Waals surface area contributed by atoms with Gasteiger partial charge >= 0.3 is 0 Å². The molecule has 0 bridgehead atoms. The number of anilines is 1. The van der Waals surface area contributed by atoms with Crippen molar-refractivity contribution in [3.8, 4) is 0 Å². The van der Waals surface area contributed by atoms with Gasteiger partial charge in [-0.15, -0.1) is 0 Å². The summed E-state index contributed by atoms with van der Waals surface area (Å²) < 4.78 is 5.28. The lowest BCUT2D eigenvalue weighted by atomic mass is 10.3. The van der Waals surface area contributed by atoms with Gasteiger partial charge in [-0.3, -0.25) is 9.88 Å². The molecule has 0 aromatic carbocycles. The van der Waals surface area contributed by atoms with E-state index < -0.39 is 0 Å². The predicted octanol–water partition coefficient (Wildman–Crippen LogP) is 1.13. The van der Waals surface area contributed by atoms with Crippen LogP contribution in [-0.4, -0.2) is 36.7 Å². The molecule has 84 valence electrons. The average molecular weight is 209 g/mol. The van der Waals surface area contributed by atoms with Crippen LogP contribution >= 0.6 is 0 Å². The molecule has 0 fully saturated rings. The van der Waals surface area contributed by atoms with Crippen molar-refractivity contribution in [3.63, 3.8) is 0 Å². The summed E-state index contributed by atoms with van der Waals surface area (Å²) in [6.07, 6.45) is 1.74. The monoisotopic (exact) mass is 209 g/mol. The summed E-state index contributed by atoms with van der Waals surface area (Å²) in [5, 5.41) is 0. The number of hydrogen-bond donors (Lipinski definition) is 1. The summed E-state index contributed by atoms with van der Waals surface area (Å²) >= 11 is 0. The molecule has 0 spiro atoms. The summed E-state index contributed by atoms with van der Waals surface area (Å²) in [4.78, 5) is 6.41. The average Bonchev–Trinajstić information content (AvgIpc) is 2.18. The van der Waals surface area contributed by atoms with Crippen molar-refractivity contribution >= 4 is 5.69 Å². The smallest absolute Gasteiger partial charge is 0.0593 e. The fourth-order valence-electron chi connectivity index (χ4n) is 1.30. The second-order valence-electron chi connectivity index (χ2n) is 3.52. The minimum absolute atomic E-state index is 0.759. The van der Waals surface area contributed by atoms with Crippen LogP contribution in [0.2, 0.25) is 0 Å². The first kappa shape index (κ1) is 11.9. The molecule has 1 rings (SSSR count). The van der Waals surface area contributed by atoms with Crippen molar-refractivity contribution in [2.75, 3.05) is 32.5 Å². The third-order valence-electron chi connectivity index (χ3n) is 2.09. The molecular formula is C11H19N3O. The standard InChI is InChI=1S/C11H19N3O/c1-3-15-7-6-14(2)9-11-8-10(12)4-5-13-11/h4-5,8H,3,6-7,9H2,1-2H3,(H2,12,13). The van der Waals surface area contributed by atoms with Crippen LogP contribution in [-0.2, 0) is 11.3 Å². The number of nitrogen functional groups attached to an aromatic ring is 1. The number of nitrogens with two attached hydrogens (primary N) is 1. The van der Waals surface area contributed by atoms with Crippen molar-refractivity contribution in [3.05, 3.63) is 24.0 Å². The van der Waals surface area contributed by atoms with E-state index in [-0.39, 0.29) is 0 Å². The molecule has 4 nitrogen and oxygen atoms in total. The molecule has 0 saturated carbocycles. The molecule has 0 atom stereocenters. The van der Waals surface area contributed by atoms with Gasteiger partial charge in [0.25, 0.3) is 0 Å². The SMILES string of the molecule is CCOCCN(C)Cc1cc(N)ccn1. The maximum Gasteiger partial charge on any atom is 0.0593 e. The number of rotatable bonds is 6. The van der Waals surface area contributed by atoms with E-state index in [4.69, 9.17) is 10.5 Å². The Hall–Kier alpha value is -1.13. The second kappa shape index (κ2) is 6.37. The third-order valence-corrected chi connectivity index (χ3v) is 2.09. The van der Waals surface area contributed by atoms with Crippen molar-refractivity contribution < 1.29 is 4.74 Å². The quantitative estimate of drug-likeness (QED) is 0.714. The Morgan fingerprint density at radius 2 is 2.33 bits per heavy atom. The fraction of sp³-hybridized carbons (Fsp3) is 0.545. The van der Waals surface area contributed by atoms with Gasteiger partial charge in [-0.05, 0) is 26.1 Å². The first-order valence-electron chi connectivity index (χ1n) is 5.19.